The Kier molecular flexibility index (Phi) is 5.61. The van der Waals surface area contributed by atoms with E-state index in [0.717, 1.165) is 22.8 Å². The van der Waals surface area contributed by atoms with E-state index >= 15 is 0 Å². The third-order valence-electron chi connectivity index (χ3n) is 5.56. The number of carbonyl (C=O) groups excluding carboxylic acids is 3. The summed E-state index contributed by atoms with van der Waals surface area (Å²) in [6, 6.07) is 19.2. The van der Waals surface area contributed by atoms with Crippen LogP contribution in [0, 0.1) is 0 Å². The summed E-state index contributed by atoms with van der Waals surface area (Å²) in [5, 5.41) is 2.33. The number of benzene rings is 3. The van der Waals surface area contributed by atoms with Crippen molar-refractivity contribution in [1.82, 2.24) is 4.90 Å². The number of carbonyl (C=O) groups is 3. The van der Waals surface area contributed by atoms with Gasteiger partial charge in [-0.15, -0.1) is 0 Å². The first kappa shape index (κ1) is 19.8. The van der Waals surface area contributed by atoms with E-state index in [1.807, 2.05) is 24.3 Å². The van der Waals surface area contributed by atoms with Crippen molar-refractivity contribution < 1.29 is 19.1 Å². The molecular formula is C25H23NO4. The van der Waals surface area contributed by atoms with Crippen LogP contribution >= 0.6 is 0 Å². The Bertz CT molecular complexity index is 1120. The first-order valence-corrected chi connectivity index (χ1v) is 10.1. The molecule has 0 aliphatic carbocycles. The maximum Gasteiger partial charge on any atom is 0.255 e. The molecule has 1 atom stereocenters. The Morgan fingerprint density at radius 1 is 1.10 bits per heavy atom. The van der Waals surface area contributed by atoms with Gasteiger partial charge in [0.1, 0.15) is 18.6 Å². The molecule has 0 radical (unpaired) electrons. The van der Waals surface area contributed by atoms with E-state index in [-0.39, 0.29) is 18.1 Å². The van der Waals surface area contributed by atoms with Crippen LogP contribution in [-0.2, 0) is 22.7 Å². The fraction of sp³-hybridized carbons (Fsp3) is 0.240. The molecule has 0 saturated carbocycles. The minimum absolute atomic E-state index is 0.114. The highest BCUT2D eigenvalue weighted by molar-refractivity contribution is 6.01. The number of fused-ring (bicyclic) bond motifs is 2. The summed E-state index contributed by atoms with van der Waals surface area (Å²) in [5.41, 5.74) is 2.39. The summed E-state index contributed by atoms with van der Waals surface area (Å²) in [6.07, 6.45) is 1.36. The highest BCUT2D eigenvalue weighted by Gasteiger charge is 2.36. The summed E-state index contributed by atoms with van der Waals surface area (Å²) in [6.45, 7) is 2.16. The van der Waals surface area contributed by atoms with Crippen LogP contribution < -0.4 is 4.74 Å². The van der Waals surface area contributed by atoms with Gasteiger partial charge < -0.3 is 14.4 Å². The van der Waals surface area contributed by atoms with Gasteiger partial charge in [0.15, 0.2) is 5.78 Å². The van der Waals surface area contributed by atoms with Crippen LogP contribution in [-0.4, -0.2) is 28.9 Å². The van der Waals surface area contributed by atoms with Crippen molar-refractivity contribution >= 4 is 28.7 Å². The van der Waals surface area contributed by atoms with Crippen molar-refractivity contribution in [2.45, 2.75) is 39.0 Å². The zero-order valence-corrected chi connectivity index (χ0v) is 16.8. The third kappa shape index (κ3) is 3.83. The molecule has 152 valence electrons. The molecule has 1 heterocycles. The molecule has 4 rings (SSSR count). The predicted molar refractivity (Wildman–Crippen MR) is 114 cm³/mol. The van der Waals surface area contributed by atoms with Gasteiger partial charge in [-0.1, -0.05) is 42.5 Å². The van der Waals surface area contributed by atoms with E-state index in [4.69, 9.17) is 4.74 Å². The Hall–Kier alpha value is -3.47. The minimum Gasteiger partial charge on any atom is -0.489 e. The van der Waals surface area contributed by atoms with E-state index in [1.54, 1.807) is 17.0 Å². The number of rotatable bonds is 8. The number of ketones is 1. The zero-order chi connectivity index (χ0) is 21.1. The molecule has 3 aromatic carbocycles. The predicted octanol–water partition coefficient (Wildman–Crippen LogP) is 4.31. The van der Waals surface area contributed by atoms with Crippen LogP contribution in [0.15, 0.2) is 60.7 Å². The van der Waals surface area contributed by atoms with Gasteiger partial charge >= 0.3 is 0 Å². The van der Waals surface area contributed by atoms with Crippen molar-refractivity contribution in [3.63, 3.8) is 0 Å². The third-order valence-corrected chi connectivity index (χ3v) is 5.56. The minimum atomic E-state index is -0.594. The summed E-state index contributed by atoms with van der Waals surface area (Å²) in [5.74, 6) is 0.345. The van der Waals surface area contributed by atoms with Gasteiger partial charge in [0.2, 0.25) is 0 Å². The number of aldehydes is 1. The van der Waals surface area contributed by atoms with Gasteiger partial charge in [0, 0.05) is 17.5 Å². The van der Waals surface area contributed by atoms with Crippen LogP contribution in [0.25, 0.3) is 10.8 Å². The number of hydrogen-bond acceptors (Lipinski definition) is 4. The molecule has 0 N–H and O–H groups in total. The molecule has 0 fully saturated rings. The van der Waals surface area contributed by atoms with E-state index in [2.05, 4.69) is 24.3 Å². The summed E-state index contributed by atoms with van der Waals surface area (Å²) in [4.78, 5) is 37.3. The molecule has 0 saturated heterocycles. The van der Waals surface area contributed by atoms with Crippen molar-refractivity contribution in [1.29, 1.82) is 0 Å². The second kappa shape index (κ2) is 8.49. The molecule has 1 amide bonds. The van der Waals surface area contributed by atoms with Gasteiger partial charge in [-0.05, 0) is 47.9 Å². The highest BCUT2D eigenvalue weighted by atomic mass is 16.5. The van der Waals surface area contributed by atoms with Gasteiger partial charge in [0.05, 0.1) is 12.6 Å². The lowest BCUT2D eigenvalue weighted by Crippen LogP contribution is -2.40. The zero-order valence-electron chi connectivity index (χ0n) is 16.8. The largest absolute Gasteiger partial charge is 0.489 e. The van der Waals surface area contributed by atoms with Crippen molar-refractivity contribution in [2.24, 2.45) is 0 Å². The second-order valence-corrected chi connectivity index (χ2v) is 7.56. The van der Waals surface area contributed by atoms with E-state index in [1.165, 1.54) is 12.3 Å². The first-order valence-electron chi connectivity index (χ1n) is 10.1. The molecule has 0 spiro atoms. The fourth-order valence-corrected chi connectivity index (χ4v) is 4.01. The summed E-state index contributed by atoms with van der Waals surface area (Å²) in [7, 11) is 0. The van der Waals surface area contributed by atoms with Crippen molar-refractivity contribution in [3.8, 4) is 5.75 Å². The van der Waals surface area contributed by atoms with Gasteiger partial charge in [-0.3, -0.25) is 9.59 Å². The van der Waals surface area contributed by atoms with Crippen molar-refractivity contribution in [2.75, 3.05) is 0 Å². The van der Waals surface area contributed by atoms with Crippen LogP contribution in [0.4, 0.5) is 0 Å². The number of hydrogen-bond donors (Lipinski definition) is 0. The van der Waals surface area contributed by atoms with Gasteiger partial charge in [0.25, 0.3) is 5.91 Å². The van der Waals surface area contributed by atoms with E-state index in [0.29, 0.717) is 30.9 Å². The number of ether oxygens (including phenoxy) is 1. The van der Waals surface area contributed by atoms with Gasteiger partial charge in [-0.25, -0.2) is 0 Å². The lowest BCUT2D eigenvalue weighted by molar-refractivity contribution is -0.121. The van der Waals surface area contributed by atoms with Crippen LogP contribution in [0.1, 0.15) is 41.3 Å². The number of Topliss-reactive ketones (excluding diaryl/α,β-unsaturated/α-hetero) is 1. The fourth-order valence-electron chi connectivity index (χ4n) is 4.01. The Balaban J connectivity index is 1.54. The molecular weight excluding hydrogens is 378 g/mol. The van der Waals surface area contributed by atoms with E-state index in [9.17, 15) is 14.4 Å². The average Bonchev–Trinajstić information content (AvgIpc) is 3.09. The molecule has 5 nitrogen and oxygen atoms in total. The lowest BCUT2D eigenvalue weighted by atomic mass is 10.1. The SMILES string of the molecule is CC(=O)C(CCC=O)N1Cc2c(OCc3ccc4ccccc4c3)cccc2C1=O. The molecule has 3 aromatic rings. The maximum atomic E-state index is 12.9. The summed E-state index contributed by atoms with van der Waals surface area (Å²) < 4.78 is 6.08. The second-order valence-electron chi connectivity index (χ2n) is 7.56. The standard InChI is InChI=1S/C25H23NO4/c1-17(28)23(9-5-13-27)26-15-22-21(25(26)29)8-4-10-24(22)30-16-18-11-12-19-6-2-3-7-20(19)14-18/h2-4,6-8,10-14,23H,5,9,15-16H2,1H3. The maximum absolute atomic E-state index is 12.9. The van der Waals surface area contributed by atoms with Crippen LogP contribution in [0.2, 0.25) is 0 Å². The average molecular weight is 401 g/mol. The Labute approximate surface area is 175 Å². The summed E-state index contributed by atoms with van der Waals surface area (Å²) >= 11 is 0. The molecule has 30 heavy (non-hydrogen) atoms. The van der Waals surface area contributed by atoms with E-state index < -0.39 is 6.04 Å². The van der Waals surface area contributed by atoms with Crippen LogP contribution in [0.3, 0.4) is 0 Å². The normalized spacial score (nSPS) is 13.9. The number of amides is 1. The van der Waals surface area contributed by atoms with Gasteiger partial charge in [-0.2, -0.15) is 0 Å². The smallest absolute Gasteiger partial charge is 0.255 e. The lowest BCUT2D eigenvalue weighted by Gasteiger charge is -2.25. The first-order chi connectivity index (χ1) is 14.6. The Morgan fingerprint density at radius 2 is 1.90 bits per heavy atom. The molecule has 0 bridgehead atoms. The quantitative estimate of drug-likeness (QED) is 0.528. The Morgan fingerprint density at radius 3 is 2.67 bits per heavy atom. The molecule has 0 aromatic heterocycles. The molecule has 5 heteroatoms. The van der Waals surface area contributed by atoms with Crippen LogP contribution in [0.5, 0.6) is 5.75 Å². The van der Waals surface area contributed by atoms with Crippen molar-refractivity contribution in [3.05, 3.63) is 77.4 Å². The molecule has 1 unspecified atom stereocenters. The number of nitrogens with zero attached hydrogens (tertiary/aromatic N) is 1. The monoisotopic (exact) mass is 401 g/mol. The molecule has 1 aliphatic heterocycles. The highest BCUT2D eigenvalue weighted by Crippen LogP contribution is 2.33. The molecule has 1 aliphatic rings. The topological polar surface area (TPSA) is 63.7 Å².